The first-order valence-electron chi connectivity index (χ1n) is 7.53. The molecule has 114 valence electrons. The van der Waals surface area contributed by atoms with Crippen molar-refractivity contribution in [3.63, 3.8) is 0 Å². The van der Waals surface area contributed by atoms with Gasteiger partial charge in [0.1, 0.15) is 11.6 Å². The second-order valence-electron chi connectivity index (χ2n) is 6.17. The van der Waals surface area contributed by atoms with Crippen LogP contribution in [0.5, 0.6) is 0 Å². The second kappa shape index (κ2) is 5.72. The van der Waals surface area contributed by atoms with Gasteiger partial charge < -0.3 is 10.6 Å². The number of piperidine rings is 1. The van der Waals surface area contributed by atoms with Crippen LogP contribution in [0.25, 0.3) is 0 Å². The molecule has 1 aromatic carbocycles. The van der Waals surface area contributed by atoms with E-state index in [0.29, 0.717) is 12.3 Å². The summed E-state index contributed by atoms with van der Waals surface area (Å²) in [6, 6.07) is 3.96. The smallest absolute Gasteiger partial charge is 0.224 e. The molecule has 1 heterocycles. The zero-order valence-electron chi connectivity index (χ0n) is 12.0. The van der Waals surface area contributed by atoms with Crippen LogP contribution < -0.4 is 10.6 Å². The van der Waals surface area contributed by atoms with Crippen molar-refractivity contribution in [1.82, 2.24) is 10.6 Å². The van der Waals surface area contributed by atoms with E-state index in [1.54, 1.807) is 0 Å². The summed E-state index contributed by atoms with van der Waals surface area (Å²) in [5.74, 6) is -1.38. The average molecular weight is 294 g/mol. The number of carbonyl (C=O) groups is 1. The first-order chi connectivity index (χ1) is 10.1. The molecular weight excluding hydrogens is 274 g/mol. The highest BCUT2D eigenvalue weighted by molar-refractivity contribution is 5.83. The van der Waals surface area contributed by atoms with Crippen molar-refractivity contribution < 1.29 is 13.6 Å². The lowest BCUT2D eigenvalue weighted by molar-refractivity contribution is -0.123. The molecule has 0 aromatic heterocycles. The lowest BCUT2D eigenvalue weighted by Crippen LogP contribution is -2.50. The number of rotatable bonds is 3. The van der Waals surface area contributed by atoms with Gasteiger partial charge in [0.15, 0.2) is 0 Å². The quantitative estimate of drug-likeness (QED) is 0.897. The van der Waals surface area contributed by atoms with E-state index in [2.05, 4.69) is 17.6 Å². The summed E-state index contributed by atoms with van der Waals surface area (Å²) in [5, 5.41) is 6.28. The van der Waals surface area contributed by atoms with Gasteiger partial charge in [-0.15, -0.1) is 0 Å². The molecule has 5 heteroatoms. The van der Waals surface area contributed by atoms with Crippen molar-refractivity contribution in [1.29, 1.82) is 0 Å². The second-order valence-corrected chi connectivity index (χ2v) is 6.17. The van der Waals surface area contributed by atoms with E-state index in [1.165, 1.54) is 18.2 Å². The Labute approximate surface area is 123 Å². The monoisotopic (exact) mass is 294 g/mol. The van der Waals surface area contributed by atoms with Gasteiger partial charge in [0, 0.05) is 30.0 Å². The molecule has 1 aromatic rings. The van der Waals surface area contributed by atoms with Crippen LogP contribution in [0.3, 0.4) is 0 Å². The molecule has 1 aliphatic heterocycles. The SMILES string of the molecule is CC1CCNCC1NC(=O)C1CC1c1c(F)cccc1F. The fourth-order valence-electron chi connectivity index (χ4n) is 3.14. The molecule has 0 spiro atoms. The minimum absolute atomic E-state index is 0.0625. The van der Waals surface area contributed by atoms with E-state index in [4.69, 9.17) is 0 Å². The first kappa shape index (κ1) is 14.4. The minimum atomic E-state index is -0.553. The molecule has 1 amide bonds. The molecule has 2 fully saturated rings. The van der Waals surface area contributed by atoms with Crippen molar-refractivity contribution in [2.24, 2.45) is 11.8 Å². The number of hydrogen-bond donors (Lipinski definition) is 2. The number of halogens is 2. The standard InChI is InChI=1S/C16H20F2N2O/c1-9-5-6-19-8-14(9)20-16(21)11-7-10(11)15-12(17)3-2-4-13(15)18/h2-4,9-11,14,19H,5-8H2,1H3,(H,20,21). The maximum atomic E-state index is 13.7. The van der Waals surface area contributed by atoms with Crippen LogP contribution in [0.4, 0.5) is 8.78 Å². The van der Waals surface area contributed by atoms with Crippen LogP contribution >= 0.6 is 0 Å². The third-order valence-corrected chi connectivity index (χ3v) is 4.65. The molecule has 2 aliphatic rings. The van der Waals surface area contributed by atoms with Gasteiger partial charge in [0.2, 0.25) is 5.91 Å². The minimum Gasteiger partial charge on any atom is -0.352 e. The summed E-state index contributed by atoms with van der Waals surface area (Å²) >= 11 is 0. The van der Waals surface area contributed by atoms with Crippen molar-refractivity contribution >= 4 is 5.91 Å². The molecule has 21 heavy (non-hydrogen) atoms. The number of benzene rings is 1. The molecule has 1 saturated heterocycles. The fraction of sp³-hybridized carbons (Fsp3) is 0.562. The average Bonchev–Trinajstić information content (AvgIpc) is 3.21. The zero-order valence-corrected chi connectivity index (χ0v) is 12.0. The number of hydrogen-bond acceptors (Lipinski definition) is 2. The van der Waals surface area contributed by atoms with Crippen molar-refractivity contribution in [3.8, 4) is 0 Å². The molecule has 0 bridgehead atoms. The van der Waals surface area contributed by atoms with Gasteiger partial charge in [-0.05, 0) is 37.4 Å². The van der Waals surface area contributed by atoms with Crippen LogP contribution in [-0.2, 0) is 4.79 Å². The summed E-state index contributed by atoms with van der Waals surface area (Å²) in [6.45, 7) is 3.85. The Kier molecular flexibility index (Phi) is 3.93. The van der Waals surface area contributed by atoms with Gasteiger partial charge in [-0.25, -0.2) is 8.78 Å². The molecule has 4 atom stereocenters. The lowest BCUT2D eigenvalue weighted by Gasteiger charge is -2.30. The van der Waals surface area contributed by atoms with Crippen LogP contribution in [0, 0.1) is 23.5 Å². The van der Waals surface area contributed by atoms with Crippen LogP contribution in [0.15, 0.2) is 18.2 Å². The van der Waals surface area contributed by atoms with Gasteiger partial charge in [-0.2, -0.15) is 0 Å². The summed E-state index contributed by atoms with van der Waals surface area (Å²) in [4.78, 5) is 12.2. The van der Waals surface area contributed by atoms with E-state index < -0.39 is 11.6 Å². The summed E-state index contributed by atoms with van der Waals surface area (Å²) in [5.41, 5.74) is 0.0625. The third-order valence-electron chi connectivity index (χ3n) is 4.65. The lowest BCUT2D eigenvalue weighted by atomic mass is 9.94. The van der Waals surface area contributed by atoms with Crippen LogP contribution in [0.2, 0.25) is 0 Å². The molecule has 3 rings (SSSR count). The Bertz CT molecular complexity index is 529. The van der Waals surface area contributed by atoms with E-state index in [0.717, 1.165) is 19.5 Å². The molecular formula is C16H20F2N2O. The van der Waals surface area contributed by atoms with E-state index in [-0.39, 0.29) is 29.3 Å². The van der Waals surface area contributed by atoms with Crippen LogP contribution in [0.1, 0.15) is 31.2 Å². The van der Waals surface area contributed by atoms with Gasteiger partial charge in [0.05, 0.1) is 0 Å². The van der Waals surface area contributed by atoms with Crippen molar-refractivity contribution in [2.75, 3.05) is 13.1 Å². The topological polar surface area (TPSA) is 41.1 Å². The maximum Gasteiger partial charge on any atom is 0.224 e. The highest BCUT2D eigenvalue weighted by atomic mass is 19.1. The Hall–Kier alpha value is -1.49. The van der Waals surface area contributed by atoms with Gasteiger partial charge >= 0.3 is 0 Å². The fourth-order valence-corrected chi connectivity index (χ4v) is 3.14. The highest BCUT2D eigenvalue weighted by Crippen LogP contribution is 2.49. The number of carbonyl (C=O) groups excluding carboxylic acids is 1. The summed E-state index contributed by atoms with van der Waals surface area (Å²) in [7, 11) is 0. The molecule has 1 aliphatic carbocycles. The van der Waals surface area contributed by atoms with Gasteiger partial charge in [0.25, 0.3) is 0 Å². The predicted molar refractivity (Wildman–Crippen MR) is 75.8 cm³/mol. The Balaban J connectivity index is 1.63. The molecule has 0 radical (unpaired) electrons. The number of nitrogens with one attached hydrogen (secondary N) is 2. The first-order valence-corrected chi connectivity index (χ1v) is 7.53. The Morgan fingerprint density at radius 3 is 2.71 bits per heavy atom. The largest absolute Gasteiger partial charge is 0.352 e. The van der Waals surface area contributed by atoms with Crippen molar-refractivity contribution in [2.45, 2.75) is 31.7 Å². The Morgan fingerprint density at radius 1 is 1.33 bits per heavy atom. The zero-order chi connectivity index (χ0) is 15.0. The molecule has 1 saturated carbocycles. The third kappa shape index (κ3) is 2.93. The van der Waals surface area contributed by atoms with Crippen LogP contribution in [-0.4, -0.2) is 25.0 Å². The summed E-state index contributed by atoms with van der Waals surface area (Å²) < 4.78 is 27.4. The number of amides is 1. The Morgan fingerprint density at radius 2 is 2.05 bits per heavy atom. The van der Waals surface area contributed by atoms with Gasteiger partial charge in [-0.1, -0.05) is 13.0 Å². The van der Waals surface area contributed by atoms with E-state index in [1.807, 2.05) is 0 Å². The highest BCUT2D eigenvalue weighted by Gasteiger charge is 2.47. The van der Waals surface area contributed by atoms with Crippen molar-refractivity contribution in [3.05, 3.63) is 35.4 Å². The van der Waals surface area contributed by atoms with E-state index in [9.17, 15) is 13.6 Å². The molecule has 2 N–H and O–H groups in total. The van der Waals surface area contributed by atoms with Gasteiger partial charge in [-0.3, -0.25) is 4.79 Å². The summed E-state index contributed by atoms with van der Waals surface area (Å²) in [6.07, 6.45) is 1.55. The molecule has 3 nitrogen and oxygen atoms in total. The molecule has 4 unspecified atom stereocenters. The predicted octanol–water partition coefficient (Wildman–Crippen LogP) is 2.18. The maximum absolute atomic E-state index is 13.7. The normalized spacial score (nSPS) is 31.8. The van der Waals surface area contributed by atoms with E-state index >= 15 is 0 Å².